The SMILES string of the molecule is Nc1cc(-c2cscn2)no1. The number of hydrogen-bond donors (Lipinski definition) is 1. The normalized spacial score (nSPS) is 10.2. The average molecular weight is 167 g/mol. The van der Waals surface area contributed by atoms with Crippen molar-refractivity contribution in [2.75, 3.05) is 5.73 Å². The number of rotatable bonds is 1. The van der Waals surface area contributed by atoms with Crippen LogP contribution < -0.4 is 5.73 Å². The minimum Gasteiger partial charge on any atom is -0.368 e. The first kappa shape index (κ1) is 6.36. The van der Waals surface area contributed by atoms with E-state index in [4.69, 9.17) is 5.73 Å². The Balaban J connectivity index is 2.45. The molecule has 0 amide bonds. The van der Waals surface area contributed by atoms with Gasteiger partial charge in [0.05, 0.1) is 5.51 Å². The van der Waals surface area contributed by atoms with Crippen LogP contribution in [0.25, 0.3) is 11.4 Å². The summed E-state index contributed by atoms with van der Waals surface area (Å²) in [5, 5.41) is 5.59. The Labute approximate surface area is 66.7 Å². The van der Waals surface area contributed by atoms with Crippen molar-refractivity contribution < 1.29 is 4.52 Å². The number of nitrogens with two attached hydrogens (primary N) is 1. The van der Waals surface area contributed by atoms with Gasteiger partial charge >= 0.3 is 0 Å². The predicted octanol–water partition coefficient (Wildman–Crippen LogP) is 1.38. The van der Waals surface area contributed by atoms with Crippen molar-refractivity contribution in [3.63, 3.8) is 0 Å². The van der Waals surface area contributed by atoms with Crippen molar-refractivity contribution >= 4 is 17.2 Å². The van der Waals surface area contributed by atoms with Crippen molar-refractivity contribution in [3.8, 4) is 11.4 Å². The Morgan fingerprint density at radius 3 is 2.91 bits per heavy atom. The minimum atomic E-state index is 0.313. The van der Waals surface area contributed by atoms with Gasteiger partial charge in [0.15, 0.2) is 0 Å². The molecule has 0 radical (unpaired) electrons. The summed E-state index contributed by atoms with van der Waals surface area (Å²) in [6.45, 7) is 0. The molecule has 56 valence electrons. The van der Waals surface area contributed by atoms with E-state index in [-0.39, 0.29) is 0 Å². The number of nitrogens with zero attached hydrogens (tertiary/aromatic N) is 2. The number of hydrogen-bond acceptors (Lipinski definition) is 5. The highest BCUT2D eigenvalue weighted by molar-refractivity contribution is 7.07. The van der Waals surface area contributed by atoms with Gasteiger partial charge in [-0.05, 0) is 0 Å². The number of nitrogen functional groups attached to an aromatic ring is 1. The molecule has 0 fully saturated rings. The molecular formula is C6H5N3OS. The zero-order valence-corrected chi connectivity index (χ0v) is 6.34. The van der Waals surface area contributed by atoms with E-state index in [1.807, 2.05) is 5.38 Å². The number of thiazole rings is 1. The topological polar surface area (TPSA) is 64.9 Å². The highest BCUT2D eigenvalue weighted by Gasteiger charge is 2.04. The van der Waals surface area contributed by atoms with Gasteiger partial charge < -0.3 is 10.3 Å². The fourth-order valence-electron chi connectivity index (χ4n) is 0.749. The van der Waals surface area contributed by atoms with E-state index in [1.54, 1.807) is 11.6 Å². The molecule has 0 atom stereocenters. The van der Waals surface area contributed by atoms with E-state index in [2.05, 4.69) is 14.7 Å². The van der Waals surface area contributed by atoms with Crippen LogP contribution in [0, 0.1) is 0 Å². The van der Waals surface area contributed by atoms with Crippen molar-refractivity contribution in [2.24, 2.45) is 0 Å². The average Bonchev–Trinajstić information content (AvgIpc) is 2.55. The van der Waals surface area contributed by atoms with E-state index < -0.39 is 0 Å². The van der Waals surface area contributed by atoms with Gasteiger partial charge in [0, 0.05) is 11.4 Å². The van der Waals surface area contributed by atoms with Gasteiger partial charge in [-0.15, -0.1) is 11.3 Å². The van der Waals surface area contributed by atoms with Gasteiger partial charge in [-0.1, -0.05) is 5.16 Å². The van der Waals surface area contributed by atoms with E-state index >= 15 is 0 Å². The Morgan fingerprint density at radius 2 is 2.36 bits per heavy atom. The summed E-state index contributed by atoms with van der Waals surface area (Å²) in [7, 11) is 0. The van der Waals surface area contributed by atoms with E-state index in [0.29, 0.717) is 11.6 Å². The molecule has 2 N–H and O–H groups in total. The Bertz CT molecular complexity index is 340. The molecule has 0 aliphatic rings. The van der Waals surface area contributed by atoms with Crippen LogP contribution in [0.15, 0.2) is 21.5 Å². The molecule has 0 aliphatic heterocycles. The summed E-state index contributed by atoms with van der Waals surface area (Å²) < 4.78 is 4.68. The van der Waals surface area contributed by atoms with Crippen molar-refractivity contribution in [2.45, 2.75) is 0 Å². The molecule has 0 aliphatic carbocycles. The third-order valence-corrected chi connectivity index (χ3v) is 1.81. The molecule has 5 heteroatoms. The third-order valence-electron chi connectivity index (χ3n) is 1.22. The Morgan fingerprint density at radius 1 is 1.45 bits per heavy atom. The molecule has 0 aromatic carbocycles. The lowest BCUT2D eigenvalue weighted by molar-refractivity contribution is 0.439. The lowest BCUT2D eigenvalue weighted by atomic mass is 10.3. The van der Waals surface area contributed by atoms with Crippen LogP contribution >= 0.6 is 11.3 Å². The zero-order chi connectivity index (χ0) is 7.68. The monoisotopic (exact) mass is 167 g/mol. The second-order valence-corrected chi connectivity index (χ2v) is 2.71. The number of aromatic nitrogens is 2. The summed E-state index contributed by atoms with van der Waals surface area (Å²) in [4.78, 5) is 4.04. The maximum absolute atomic E-state index is 5.33. The molecule has 0 unspecified atom stereocenters. The van der Waals surface area contributed by atoms with Crippen LogP contribution in [-0.2, 0) is 0 Å². The van der Waals surface area contributed by atoms with E-state index in [0.717, 1.165) is 5.69 Å². The smallest absolute Gasteiger partial charge is 0.222 e. The molecule has 2 aromatic heterocycles. The second-order valence-electron chi connectivity index (χ2n) is 1.99. The van der Waals surface area contributed by atoms with Crippen LogP contribution in [0.4, 0.5) is 5.88 Å². The van der Waals surface area contributed by atoms with Crippen LogP contribution in [-0.4, -0.2) is 10.1 Å². The molecule has 0 bridgehead atoms. The standard InChI is InChI=1S/C6H5N3OS/c7-6-1-4(9-10-6)5-2-11-3-8-5/h1-3H,7H2. The van der Waals surface area contributed by atoms with Gasteiger partial charge in [-0.3, -0.25) is 0 Å². The van der Waals surface area contributed by atoms with Crippen LogP contribution in [0.2, 0.25) is 0 Å². The van der Waals surface area contributed by atoms with Gasteiger partial charge in [0.25, 0.3) is 0 Å². The summed E-state index contributed by atoms with van der Waals surface area (Å²) >= 11 is 1.51. The molecule has 2 heterocycles. The quantitative estimate of drug-likeness (QED) is 0.696. The first-order valence-electron chi connectivity index (χ1n) is 2.97. The first-order valence-corrected chi connectivity index (χ1v) is 3.91. The second kappa shape index (κ2) is 2.35. The van der Waals surface area contributed by atoms with Gasteiger partial charge in [0.2, 0.25) is 5.88 Å². The highest BCUT2D eigenvalue weighted by Crippen LogP contribution is 2.18. The molecule has 4 nitrogen and oxygen atoms in total. The highest BCUT2D eigenvalue weighted by atomic mass is 32.1. The largest absolute Gasteiger partial charge is 0.368 e. The predicted molar refractivity (Wildman–Crippen MR) is 42.0 cm³/mol. The molecule has 2 aromatic rings. The lowest BCUT2D eigenvalue weighted by Gasteiger charge is -1.80. The molecule has 0 saturated heterocycles. The van der Waals surface area contributed by atoms with Crippen molar-refractivity contribution in [3.05, 3.63) is 17.0 Å². The maximum Gasteiger partial charge on any atom is 0.222 e. The van der Waals surface area contributed by atoms with Gasteiger partial charge in [0.1, 0.15) is 11.4 Å². The molecule has 11 heavy (non-hydrogen) atoms. The summed E-state index contributed by atoms with van der Waals surface area (Å²) in [5.41, 5.74) is 8.55. The van der Waals surface area contributed by atoms with Crippen LogP contribution in [0.1, 0.15) is 0 Å². The summed E-state index contributed by atoms with van der Waals surface area (Å²) in [5.74, 6) is 0.313. The van der Waals surface area contributed by atoms with Gasteiger partial charge in [-0.25, -0.2) is 4.98 Å². The third kappa shape index (κ3) is 1.10. The van der Waals surface area contributed by atoms with Crippen molar-refractivity contribution in [1.29, 1.82) is 0 Å². The molecule has 2 rings (SSSR count). The van der Waals surface area contributed by atoms with Gasteiger partial charge in [-0.2, -0.15) is 0 Å². The Kier molecular flexibility index (Phi) is 1.36. The van der Waals surface area contributed by atoms with E-state index in [9.17, 15) is 0 Å². The first-order chi connectivity index (χ1) is 5.36. The molecule has 0 saturated carbocycles. The van der Waals surface area contributed by atoms with E-state index in [1.165, 1.54) is 11.3 Å². The molecule has 0 spiro atoms. The summed E-state index contributed by atoms with van der Waals surface area (Å²) in [6, 6.07) is 1.65. The Hall–Kier alpha value is -1.36. The van der Waals surface area contributed by atoms with Crippen molar-refractivity contribution in [1.82, 2.24) is 10.1 Å². The molecular weight excluding hydrogens is 162 g/mol. The van der Waals surface area contributed by atoms with Crippen LogP contribution in [0.5, 0.6) is 0 Å². The number of anilines is 1. The minimum absolute atomic E-state index is 0.313. The van der Waals surface area contributed by atoms with Crippen LogP contribution in [0.3, 0.4) is 0 Å². The zero-order valence-electron chi connectivity index (χ0n) is 5.52. The fourth-order valence-corrected chi connectivity index (χ4v) is 1.29. The maximum atomic E-state index is 5.33. The summed E-state index contributed by atoms with van der Waals surface area (Å²) in [6.07, 6.45) is 0. The lowest BCUT2D eigenvalue weighted by Crippen LogP contribution is -1.76. The fraction of sp³-hybridized carbons (Fsp3) is 0.